The van der Waals surface area contributed by atoms with E-state index in [2.05, 4.69) is 10.6 Å². The Morgan fingerprint density at radius 2 is 1.55 bits per heavy atom. The second-order valence-electron chi connectivity index (χ2n) is 6.14. The van der Waals surface area contributed by atoms with Crippen LogP contribution in [-0.4, -0.2) is 32.8 Å². The van der Waals surface area contributed by atoms with Gasteiger partial charge in [-0.3, -0.25) is 4.79 Å². The fourth-order valence-electron chi connectivity index (χ4n) is 2.65. The zero-order valence-electron chi connectivity index (χ0n) is 16.3. The molecular formula is C23H24N2O4. The van der Waals surface area contributed by atoms with E-state index >= 15 is 0 Å². The van der Waals surface area contributed by atoms with Crippen molar-refractivity contribution in [1.82, 2.24) is 0 Å². The molecule has 0 aliphatic rings. The molecule has 0 saturated heterocycles. The van der Waals surface area contributed by atoms with Crippen molar-refractivity contribution in [2.75, 3.05) is 37.5 Å². The Morgan fingerprint density at radius 3 is 2.38 bits per heavy atom. The minimum Gasteiger partial charge on any atom is -0.497 e. The molecule has 2 N–H and O–H groups in total. The van der Waals surface area contributed by atoms with Crippen LogP contribution in [0.4, 0.5) is 11.4 Å². The summed E-state index contributed by atoms with van der Waals surface area (Å²) < 4.78 is 16.6. The number of hydrogen-bond acceptors (Lipinski definition) is 5. The summed E-state index contributed by atoms with van der Waals surface area (Å²) in [5.74, 6) is 1.99. The summed E-state index contributed by atoms with van der Waals surface area (Å²) in [5.41, 5.74) is 1.42. The van der Waals surface area contributed by atoms with E-state index in [4.69, 9.17) is 14.2 Å². The third-order valence-corrected chi connectivity index (χ3v) is 4.03. The molecule has 3 aromatic rings. The van der Waals surface area contributed by atoms with Gasteiger partial charge in [0.05, 0.1) is 19.3 Å². The molecule has 29 heavy (non-hydrogen) atoms. The number of carbonyl (C=O) groups is 1. The van der Waals surface area contributed by atoms with E-state index in [9.17, 15) is 4.79 Å². The van der Waals surface area contributed by atoms with Crippen molar-refractivity contribution in [3.8, 4) is 17.2 Å². The van der Waals surface area contributed by atoms with E-state index in [1.807, 2.05) is 72.8 Å². The third kappa shape index (κ3) is 6.46. The zero-order valence-corrected chi connectivity index (χ0v) is 16.3. The lowest BCUT2D eigenvalue weighted by molar-refractivity contribution is -0.114. The third-order valence-electron chi connectivity index (χ3n) is 4.03. The highest BCUT2D eigenvalue weighted by atomic mass is 16.5. The van der Waals surface area contributed by atoms with Gasteiger partial charge in [0.25, 0.3) is 0 Å². The Balaban J connectivity index is 1.47. The fourth-order valence-corrected chi connectivity index (χ4v) is 2.65. The number of rotatable bonds is 10. The Bertz CT molecular complexity index is 916. The number of nitrogens with one attached hydrogen (secondary N) is 2. The molecule has 3 aromatic carbocycles. The van der Waals surface area contributed by atoms with Crippen LogP contribution in [0, 0.1) is 0 Å². The number of para-hydroxylation sites is 3. The maximum Gasteiger partial charge on any atom is 0.243 e. The number of carbonyl (C=O) groups excluding carboxylic acids is 1. The number of benzene rings is 3. The van der Waals surface area contributed by atoms with Crippen molar-refractivity contribution in [3.63, 3.8) is 0 Å². The van der Waals surface area contributed by atoms with Gasteiger partial charge in [0.2, 0.25) is 5.91 Å². The van der Waals surface area contributed by atoms with Crippen LogP contribution in [0.3, 0.4) is 0 Å². The number of amides is 1. The lowest BCUT2D eigenvalue weighted by Crippen LogP contribution is -2.22. The molecule has 3 rings (SSSR count). The van der Waals surface area contributed by atoms with Crippen LogP contribution in [-0.2, 0) is 4.79 Å². The first-order chi connectivity index (χ1) is 14.2. The molecule has 0 aromatic heterocycles. The maximum absolute atomic E-state index is 12.2. The molecule has 0 heterocycles. The van der Waals surface area contributed by atoms with Crippen molar-refractivity contribution in [2.24, 2.45) is 0 Å². The fraction of sp³-hybridized carbons (Fsp3) is 0.174. The van der Waals surface area contributed by atoms with Crippen LogP contribution < -0.4 is 24.8 Å². The molecule has 0 bridgehead atoms. The Kier molecular flexibility index (Phi) is 7.34. The highest BCUT2D eigenvalue weighted by molar-refractivity contribution is 5.94. The first kappa shape index (κ1) is 20.1. The molecule has 0 spiro atoms. The summed E-state index contributed by atoms with van der Waals surface area (Å²) in [7, 11) is 1.59. The summed E-state index contributed by atoms with van der Waals surface area (Å²) in [5, 5.41) is 5.95. The Hall–Kier alpha value is -3.67. The summed E-state index contributed by atoms with van der Waals surface area (Å²) in [6.07, 6.45) is 0. The summed E-state index contributed by atoms with van der Waals surface area (Å²) in [6, 6.07) is 24.3. The Labute approximate surface area is 170 Å². The molecule has 0 radical (unpaired) electrons. The van der Waals surface area contributed by atoms with Gasteiger partial charge in [-0.25, -0.2) is 0 Å². The van der Waals surface area contributed by atoms with Gasteiger partial charge in [-0.15, -0.1) is 0 Å². The van der Waals surface area contributed by atoms with Gasteiger partial charge < -0.3 is 24.8 Å². The molecule has 0 aliphatic heterocycles. The topological polar surface area (TPSA) is 68.8 Å². The Morgan fingerprint density at radius 1 is 0.828 bits per heavy atom. The molecule has 0 unspecified atom stereocenters. The quantitative estimate of drug-likeness (QED) is 0.506. The number of ether oxygens (including phenoxy) is 3. The van der Waals surface area contributed by atoms with Crippen LogP contribution in [0.25, 0.3) is 0 Å². The minimum absolute atomic E-state index is 0.109. The van der Waals surface area contributed by atoms with Gasteiger partial charge in [-0.05, 0) is 36.4 Å². The zero-order chi connectivity index (χ0) is 20.3. The molecule has 6 nitrogen and oxygen atoms in total. The van der Waals surface area contributed by atoms with E-state index in [1.165, 1.54) is 0 Å². The lowest BCUT2D eigenvalue weighted by atomic mass is 10.3. The normalized spacial score (nSPS) is 10.1. The predicted octanol–water partition coefficient (Wildman–Crippen LogP) is 4.20. The van der Waals surface area contributed by atoms with Gasteiger partial charge >= 0.3 is 0 Å². The molecular weight excluding hydrogens is 368 g/mol. The standard InChI is InChI=1S/C23H24N2O4/c1-27-20-11-7-8-18(16-20)25-23(26)17-24-21-12-5-6-13-22(21)29-15-14-28-19-9-3-2-4-10-19/h2-13,16,24H,14-15,17H2,1H3,(H,25,26). The van der Waals surface area contributed by atoms with E-state index in [0.717, 1.165) is 11.4 Å². The monoisotopic (exact) mass is 392 g/mol. The van der Waals surface area contributed by atoms with Gasteiger partial charge in [0.1, 0.15) is 30.5 Å². The first-order valence-electron chi connectivity index (χ1n) is 9.32. The van der Waals surface area contributed by atoms with Crippen LogP contribution in [0.5, 0.6) is 17.2 Å². The van der Waals surface area contributed by atoms with E-state index in [1.54, 1.807) is 13.2 Å². The second-order valence-corrected chi connectivity index (χ2v) is 6.14. The van der Waals surface area contributed by atoms with Crippen LogP contribution in [0.1, 0.15) is 0 Å². The highest BCUT2D eigenvalue weighted by Gasteiger charge is 2.07. The van der Waals surface area contributed by atoms with Gasteiger partial charge in [-0.2, -0.15) is 0 Å². The van der Waals surface area contributed by atoms with Crippen molar-refractivity contribution in [3.05, 3.63) is 78.9 Å². The average Bonchev–Trinajstić information content (AvgIpc) is 2.77. The molecule has 0 atom stereocenters. The summed E-state index contributed by atoms with van der Waals surface area (Å²) in [6.45, 7) is 0.927. The number of methoxy groups -OCH3 is 1. The molecule has 0 saturated carbocycles. The van der Waals surface area contributed by atoms with Gasteiger partial charge in [-0.1, -0.05) is 36.4 Å². The first-order valence-corrected chi connectivity index (χ1v) is 9.32. The number of anilines is 2. The van der Waals surface area contributed by atoms with Crippen LogP contribution in [0.15, 0.2) is 78.9 Å². The summed E-state index contributed by atoms with van der Waals surface area (Å²) >= 11 is 0. The maximum atomic E-state index is 12.2. The van der Waals surface area contributed by atoms with Crippen LogP contribution in [0.2, 0.25) is 0 Å². The molecule has 0 fully saturated rings. The van der Waals surface area contributed by atoms with E-state index in [-0.39, 0.29) is 12.5 Å². The second kappa shape index (κ2) is 10.6. The molecule has 150 valence electrons. The van der Waals surface area contributed by atoms with Gasteiger partial charge in [0.15, 0.2) is 0 Å². The predicted molar refractivity (Wildman–Crippen MR) is 114 cm³/mol. The SMILES string of the molecule is COc1cccc(NC(=O)CNc2ccccc2OCCOc2ccccc2)c1. The van der Waals surface area contributed by atoms with Crippen molar-refractivity contribution < 1.29 is 19.0 Å². The minimum atomic E-state index is -0.166. The number of hydrogen-bond donors (Lipinski definition) is 2. The van der Waals surface area contributed by atoms with Crippen molar-refractivity contribution in [2.45, 2.75) is 0 Å². The lowest BCUT2D eigenvalue weighted by Gasteiger charge is -2.14. The van der Waals surface area contributed by atoms with Crippen LogP contribution >= 0.6 is 0 Å². The highest BCUT2D eigenvalue weighted by Crippen LogP contribution is 2.23. The van der Waals surface area contributed by atoms with Crippen molar-refractivity contribution >= 4 is 17.3 Å². The molecule has 1 amide bonds. The molecule has 6 heteroatoms. The van der Waals surface area contributed by atoms with Gasteiger partial charge in [0, 0.05) is 11.8 Å². The average molecular weight is 392 g/mol. The largest absolute Gasteiger partial charge is 0.497 e. The molecule has 0 aliphatic carbocycles. The van der Waals surface area contributed by atoms with E-state index < -0.39 is 0 Å². The van der Waals surface area contributed by atoms with E-state index in [0.29, 0.717) is 30.4 Å². The van der Waals surface area contributed by atoms with Crippen molar-refractivity contribution in [1.29, 1.82) is 0 Å². The summed E-state index contributed by atoms with van der Waals surface area (Å²) in [4.78, 5) is 12.2. The smallest absolute Gasteiger partial charge is 0.243 e.